The molecule has 1 aromatic heterocycles. The Hall–Kier alpha value is -3.58. The number of aromatic nitrogens is 1. The number of nitrogens with one attached hydrogen (secondary N) is 1. The van der Waals surface area contributed by atoms with Gasteiger partial charge in [0.2, 0.25) is 5.75 Å². The summed E-state index contributed by atoms with van der Waals surface area (Å²) in [5.74, 6) is 0.905. The first kappa shape index (κ1) is 20.7. The number of benzene rings is 3. The highest BCUT2D eigenvalue weighted by Gasteiger charge is 2.20. The van der Waals surface area contributed by atoms with Crippen LogP contribution in [0.1, 0.15) is 20.9 Å². The lowest BCUT2D eigenvalue weighted by Crippen LogP contribution is -2.14. The third-order valence-electron chi connectivity index (χ3n) is 4.85. The summed E-state index contributed by atoms with van der Waals surface area (Å²) in [6, 6.07) is 19.2. The van der Waals surface area contributed by atoms with Crippen molar-refractivity contribution in [1.82, 2.24) is 4.98 Å². The molecule has 0 bridgehead atoms. The lowest BCUT2D eigenvalue weighted by Gasteiger charge is -2.15. The molecule has 1 heterocycles. The zero-order chi connectivity index (χ0) is 21.8. The highest BCUT2D eigenvalue weighted by atomic mass is 32.1. The van der Waals surface area contributed by atoms with Crippen LogP contribution < -0.4 is 19.5 Å². The van der Waals surface area contributed by atoms with Crippen LogP contribution >= 0.6 is 11.3 Å². The molecular formula is C24H22N2O4S. The molecule has 4 aromatic rings. The second-order valence-corrected chi connectivity index (χ2v) is 7.90. The van der Waals surface area contributed by atoms with Crippen LogP contribution in [0.15, 0.2) is 60.7 Å². The summed E-state index contributed by atoms with van der Waals surface area (Å²) < 4.78 is 17.2. The Kier molecular flexibility index (Phi) is 6.04. The number of anilines is 1. The van der Waals surface area contributed by atoms with E-state index in [4.69, 9.17) is 14.2 Å². The first-order valence-electron chi connectivity index (χ1n) is 9.66. The van der Waals surface area contributed by atoms with E-state index in [9.17, 15) is 4.79 Å². The Morgan fingerprint density at radius 1 is 0.903 bits per heavy atom. The number of hydrogen-bond donors (Lipinski definition) is 1. The molecule has 158 valence electrons. The van der Waals surface area contributed by atoms with Crippen LogP contribution in [0.4, 0.5) is 5.69 Å². The maximum atomic E-state index is 12.8. The van der Waals surface area contributed by atoms with Crippen LogP contribution in [0, 0.1) is 0 Å². The van der Waals surface area contributed by atoms with E-state index in [-0.39, 0.29) is 5.91 Å². The van der Waals surface area contributed by atoms with Crippen LogP contribution in [0.5, 0.6) is 17.2 Å². The molecule has 4 rings (SSSR count). The molecule has 0 aliphatic carbocycles. The second kappa shape index (κ2) is 9.06. The Morgan fingerprint density at radius 2 is 1.65 bits per heavy atom. The maximum absolute atomic E-state index is 12.8. The van der Waals surface area contributed by atoms with Crippen LogP contribution in [0.25, 0.3) is 10.2 Å². The van der Waals surface area contributed by atoms with E-state index in [1.165, 1.54) is 26.0 Å². The molecule has 0 unspecified atom stereocenters. The molecule has 0 saturated heterocycles. The Labute approximate surface area is 184 Å². The molecule has 31 heavy (non-hydrogen) atoms. The number of para-hydroxylation sites is 1. The minimum Gasteiger partial charge on any atom is -0.493 e. The summed E-state index contributed by atoms with van der Waals surface area (Å²) in [5.41, 5.74) is 3.20. The Morgan fingerprint density at radius 3 is 2.32 bits per heavy atom. The number of thiazole rings is 1. The molecule has 3 aromatic carbocycles. The molecule has 0 saturated carbocycles. The number of amides is 1. The monoisotopic (exact) mass is 434 g/mol. The summed E-state index contributed by atoms with van der Waals surface area (Å²) in [6.45, 7) is 0. The highest BCUT2D eigenvalue weighted by Crippen LogP contribution is 2.40. The third kappa shape index (κ3) is 4.32. The number of carbonyl (C=O) groups excluding carboxylic acids is 1. The van der Waals surface area contributed by atoms with Gasteiger partial charge in [-0.15, -0.1) is 11.3 Å². The van der Waals surface area contributed by atoms with Crippen molar-refractivity contribution in [2.75, 3.05) is 26.6 Å². The van der Waals surface area contributed by atoms with Crippen molar-refractivity contribution < 1.29 is 19.0 Å². The molecule has 7 heteroatoms. The number of ether oxygens (including phenoxy) is 3. The molecule has 0 spiro atoms. The van der Waals surface area contributed by atoms with Crippen LogP contribution in [0.3, 0.4) is 0 Å². The van der Waals surface area contributed by atoms with Crippen molar-refractivity contribution in [2.45, 2.75) is 6.42 Å². The molecule has 6 nitrogen and oxygen atoms in total. The molecule has 1 amide bonds. The molecule has 0 fully saturated rings. The van der Waals surface area contributed by atoms with Gasteiger partial charge in [-0.3, -0.25) is 4.79 Å². The lowest BCUT2D eigenvalue weighted by molar-refractivity contribution is 0.102. The standard InChI is InChI=1S/C24H22N2O4S/c1-28-19-13-12-17(22(29-2)23(19)30-3)24(27)25-16-10-8-15(9-11-16)14-21-26-18-6-4-5-7-20(18)31-21/h4-13H,14H2,1-3H3,(H,25,27). The fourth-order valence-corrected chi connectivity index (χ4v) is 4.36. The number of fused-ring (bicyclic) bond motifs is 1. The van der Waals surface area contributed by atoms with Crippen molar-refractivity contribution in [3.05, 3.63) is 76.8 Å². The van der Waals surface area contributed by atoms with Gasteiger partial charge in [-0.1, -0.05) is 24.3 Å². The highest BCUT2D eigenvalue weighted by molar-refractivity contribution is 7.18. The first-order chi connectivity index (χ1) is 15.1. The summed E-state index contributed by atoms with van der Waals surface area (Å²) >= 11 is 1.70. The van der Waals surface area contributed by atoms with Crippen molar-refractivity contribution in [3.63, 3.8) is 0 Å². The van der Waals surface area contributed by atoms with Gasteiger partial charge >= 0.3 is 0 Å². The number of methoxy groups -OCH3 is 3. The first-order valence-corrected chi connectivity index (χ1v) is 10.5. The number of nitrogens with zero attached hydrogens (tertiary/aromatic N) is 1. The fourth-order valence-electron chi connectivity index (χ4n) is 3.35. The van der Waals surface area contributed by atoms with Gasteiger partial charge in [-0.25, -0.2) is 4.98 Å². The topological polar surface area (TPSA) is 69.7 Å². The molecule has 0 aliphatic rings. The average Bonchev–Trinajstić information content (AvgIpc) is 3.21. The zero-order valence-electron chi connectivity index (χ0n) is 17.5. The Balaban J connectivity index is 1.49. The van der Waals surface area contributed by atoms with Crippen molar-refractivity contribution in [1.29, 1.82) is 0 Å². The zero-order valence-corrected chi connectivity index (χ0v) is 18.3. The number of carbonyl (C=O) groups is 1. The summed E-state index contributed by atoms with van der Waals surface area (Å²) in [7, 11) is 4.53. The number of hydrogen-bond acceptors (Lipinski definition) is 6. The largest absolute Gasteiger partial charge is 0.493 e. The van der Waals surface area contributed by atoms with Gasteiger partial charge in [0, 0.05) is 12.1 Å². The molecule has 1 N–H and O–H groups in total. The van der Waals surface area contributed by atoms with Gasteiger partial charge < -0.3 is 19.5 Å². The lowest BCUT2D eigenvalue weighted by atomic mass is 10.1. The third-order valence-corrected chi connectivity index (χ3v) is 5.89. The summed E-state index contributed by atoms with van der Waals surface area (Å²) in [6.07, 6.45) is 0.747. The van der Waals surface area contributed by atoms with E-state index in [1.807, 2.05) is 42.5 Å². The maximum Gasteiger partial charge on any atom is 0.259 e. The van der Waals surface area contributed by atoms with Crippen LogP contribution in [0.2, 0.25) is 0 Å². The second-order valence-electron chi connectivity index (χ2n) is 6.79. The molecular weight excluding hydrogens is 412 g/mol. The van der Waals surface area contributed by atoms with E-state index in [1.54, 1.807) is 23.5 Å². The van der Waals surface area contributed by atoms with E-state index in [0.29, 0.717) is 28.5 Å². The van der Waals surface area contributed by atoms with Crippen molar-refractivity contribution in [2.24, 2.45) is 0 Å². The predicted octanol–water partition coefficient (Wildman–Crippen LogP) is 5.17. The Bertz CT molecular complexity index is 1190. The molecule has 0 aliphatic heterocycles. The van der Waals surface area contributed by atoms with Gasteiger partial charge in [0.25, 0.3) is 5.91 Å². The van der Waals surface area contributed by atoms with E-state index in [0.717, 1.165) is 22.5 Å². The van der Waals surface area contributed by atoms with Gasteiger partial charge in [0.05, 0.1) is 42.1 Å². The van der Waals surface area contributed by atoms with Crippen LogP contribution in [-0.2, 0) is 6.42 Å². The molecule has 0 radical (unpaired) electrons. The normalized spacial score (nSPS) is 10.7. The van der Waals surface area contributed by atoms with E-state index < -0.39 is 0 Å². The van der Waals surface area contributed by atoms with E-state index in [2.05, 4.69) is 16.4 Å². The van der Waals surface area contributed by atoms with Gasteiger partial charge in [-0.05, 0) is 42.0 Å². The molecule has 0 atom stereocenters. The van der Waals surface area contributed by atoms with E-state index >= 15 is 0 Å². The SMILES string of the molecule is COc1ccc(C(=O)Nc2ccc(Cc3nc4ccccc4s3)cc2)c(OC)c1OC. The minimum absolute atomic E-state index is 0.295. The average molecular weight is 435 g/mol. The fraction of sp³-hybridized carbons (Fsp3) is 0.167. The van der Waals surface area contributed by atoms with Crippen molar-refractivity contribution >= 4 is 33.1 Å². The number of rotatable bonds is 7. The summed E-state index contributed by atoms with van der Waals surface area (Å²) in [5, 5.41) is 3.97. The van der Waals surface area contributed by atoms with Crippen molar-refractivity contribution in [3.8, 4) is 17.2 Å². The van der Waals surface area contributed by atoms with Gasteiger partial charge in [0.1, 0.15) is 0 Å². The van der Waals surface area contributed by atoms with Gasteiger partial charge in [0.15, 0.2) is 11.5 Å². The smallest absolute Gasteiger partial charge is 0.259 e. The minimum atomic E-state index is -0.295. The van der Waals surface area contributed by atoms with Crippen LogP contribution in [-0.4, -0.2) is 32.2 Å². The quantitative estimate of drug-likeness (QED) is 0.435. The predicted molar refractivity (Wildman–Crippen MR) is 123 cm³/mol. The summed E-state index contributed by atoms with van der Waals surface area (Å²) in [4.78, 5) is 17.5. The van der Waals surface area contributed by atoms with Gasteiger partial charge in [-0.2, -0.15) is 0 Å².